The zero-order valence-corrected chi connectivity index (χ0v) is 19.5. The average molecular weight is 436 g/mol. The maximum atomic E-state index is 12.7. The van der Waals surface area contributed by atoms with Crippen LogP contribution in [-0.4, -0.2) is 47.6 Å². The molecule has 1 aromatic heterocycles. The topological polar surface area (TPSA) is 55.5 Å². The molecule has 7 heteroatoms. The van der Waals surface area contributed by atoms with Crippen LogP contribution in [-0.2, 0) is 6.54 Å². The van der Waals surface area contributed by atoms with Crippen LogP contribution >= 0.6 is 0 Å². The number of piperazine rings is 1. The summed E-state index contributed by atoms with van der Waals surface area (Å²) < 4.78 is 8.43. The highest BCUT2D eigenvalue weighted by Gasteiger charge is 2.18. The first-order valence-corrected chi connectivity index (χ1v) is 11.2. The molecule has 7 nitrogen and oxygen atoms in total. The predicted molar refractivity (Wildman–Crippen MR) is 129 cm³/mol. The minimum atomic E-state index is -0.0879. The van der Waals surface area contributed by atoms with Crippen molar-refractivity contribution >= 4 is 11.4 Å². The second kappa shape index (κ2) is 9.10. The molecule has 0 radical (unpaired) electrons. The number of anilines is 2. The summed E-state index contributed by atoms with van der Waals surface area (Å²) in [6, 6.07) is 16.4. The maximum Gasteiger partial charge on any atom is 0.350 e. The van der Waals surface area contributed by atoms with E-state index in [4.69, 9.17) is 4.74 Å². The fourth-order valence-corrected chi connectivity index (χ4v) is 3.95. The molecule has 170 valence electrons. The normalized spacial score (nSPS) is 14.6. The minimum absolute atomic E-state index is 0.0879. The van der Waals surface area contributed by atoms with Gasteiger partial charge in [-0.2, -0.15) is 5.10 Å². The highest BCUT2D eigenvalue weighted by atomic mass is 16.5. The highest BCUT2D eigenvalue weighted by Crippen LogP contribution is 2.23. The van der Waals surface area contributed by atoms with Crippen molar-refractivity contribution in [1.82, 2.24) is 14.3 Å². The maximum absolute atomic E-state index is 12.7. The van der Waals surface area contributed by atoms with Crippen LogP contribution in [0.1, 0.15) is 27.2 Å². The van der Waals surface area contributed by atoms with E-state index in [2.05, 4.69) is 59.9 Å². The summed E-state index contributed by atoms with van der Waals surface area (Å²) in [5, 5.41) is 4.30. The van der Waals surface area contributed by atoms with Crippen LogP contribution in [0.4, 0.5) is 11.4 Å². The van der Waals surface area contributed by atoms with Crippen molar-refractivity contribution in [2.45, 2.75) is 33.7 Å². The number of aryl methyl sites for hydroxylation is 1. The second-order valence-electron chi connectivity index (χ2n) is 9.51. The highest BCUT2D eigenvalue weighted by molar-refractivity contribution is 5.54. The van der Waals surface area contributed by atoms with Gasteiger partial charge in [-0.25, -0.2) is 14.0 Å². The van der Waals surface area contributed by atoms with Gasteiger partial charge in [0.1, 0.15) is 12.1 Å². The summed E-state index contributed by atoms with van der Waals surface area (Å²) in [6.07, 6.45) is 2.53. The molecule has 1 fully saturated rings. The van der Waals surface area contributed by atoms with Gasteiger partial charge in [-0.3, -0.25) is 0 Å². The number of methoxy groups -OCH3 is 1. The van der Waals surface area contributed by atoms with E-state index in [1.807, 2.05) is 24.3 Å². The smallest absolute Gasteiger partial charge is 0.350 e. The van der Waals surface area contributed by atoms with Gasteiger partial charge in [0.25, 0.3) is 0 Å². The van der Waals surface area contributed by atoms with Crippen molar-refractivity contribution in [2.24, 2.45) is 5.41 Å². The molecule has 0 unspecified atom stereocenters. The number of ether oxygens (including phenoxy) is 1. The monoisotopic (exact) mass is 435 g/mol. The summed E-state index contributed by atoms with van der Waals surface area (Å²) in [7, 11) is 1.69. The largest absolute Gasteiger partial charge is 0.497 e. The van der Waals surface area contributed by atoms with E-state index in [0.717, 1.165) is 44.0 Å². The van der Waals surface area contributed by atoms with E-state index in [9.17, 15) is 4.79 Å². The Morgan fingerprint density at radius 1 is 0.844 bits per heavy atom. The Morgan fingerprint density at radius 3 is 1.84 bits per heavy atom. The van der Waals surface area contributed by atoms with Crippen molar-refractivity contribution in [3.8, 4) is 11.4 Å². The molecule has 1 aliphatic rings. The fraction of sp³-hybridized carbons (Fsp3) is 0.440. The van der Waals surface area contributed by atoms with E-state index in [1.54, 1.807) is 22.7 Å². The Hall–Kier alpha value is -3.22. The lowest BCUT2D eigenvalue weighted by Gasteiger charge is -2.37. The number of nitrogens with zero attached hydrogens (tertiary/aromatic N) is 5. The predicted octanol–water partition coefficient (Wildman–Crippen LogP) is 3.81. The lowest BCUT2D eigenvalue weighted by atomic mass is 9.92. The third-order valence-corrected chi connectivity index (χ3v) is 6.02. The summed E-state index contributed by atoms with van der Waals surface area (Å²) in [5.41, 5.74) is 3.33. The molecule has 0 spiro atoms. The van der Waals surface area contributed by atoms with Crippen molar-refractivity contribution in [1.29, 1.82) is 0 Å². The van der Waals surface area contributed by atoms with Crippen molar-refractivity contribution in [3.63, 3.8) is 0 Å². The zero-order valence-electron chi connectivity index (χ0n) is 19.5. The Bertz CT molecular complexity index is 1070. The van der Waals surface area contributed by atoms with Crippen LogP contribution in [0.2, 0.25) is 0 Å². The molecule has 0 N–H and O–H groups in total. The number of aromatic nitrogens is 3. The third kappa shape index (κ3) is 4.98. The SMILES string of the molecule is COc1ccc(N2CCN(c3ccc(-n4cnn(CCC(C)(C)C)c4=O)cc3)CC2)cc1. The zero-order chi connectivity index (χ0) is 22.7. The van der Waals surface area contributed by atoms with E-state index < -0.39 is 0 Å². The minimum Gasteiger partial charge on any atom is -0.497 e. The van der Waals surface area contributed by atoms with Gasteiger partial charge in [-0.05, 0) is 60.4 Å². The van der Waals surface area contributed by atoms with Crippen molar-refractivity contribution < 1.29 is 4.74 Å². The number of hydrogen-bond donors (Lipinski definition) is 0. The first-order chi connectivity index (χ1) is 15.3. The molecule has 0 saturated carbocycles. The molecule has 32 heavy (non-hydrogen) atoms. The summed E-state index contributed by atoms with van der Waals surface area (Å²) in [5.74, 6) is 0.881. The molecular weight excluding hydrogens is 402 g/mol. The van der Waals surface area contributed by atoms with Gasteiger partial charge in [-0.1, -0.05) is 20.8 Å². The van der Waals surface area contributed by atoms with Crippen LogP contribution < -0.4 is 20.2 Å². The number of rotatable bonds is 6. The molecule has 0 amide bonds. The molecule has 0 bridgehead atoms. The van der Waals surface area contributed by atoms with Gasteiger partial charge in [0.2, 0.25) is 0 Å². The Labute approximate surface area is 189 Å². The molecule has 2 heterocycles. The third-order valence-electron chi connectivity index (χ3n) is 6.02. The van der Waals surface area contributed by atoms with Crippen molar-refractivity contribution in [2.75, 3.05) is 43.1 Å². The molecule has 2 aromatic carbocycles. The van der Waals surface area contributed by atoms with Crippen LogP contribution in [0.3, 0.4) is 0 Å². The van der Waals surface area contributed by atoms with Gasteiger partial charge in [0, 0.05) is 44.1 Å². The lowest BCUT2D eigenvalue weighted by molar-refractivity contribution is 0.337. The molecule has 0 atom stereocenters. The summed E-state index contributed by atoms with van der Waals surface area (Å²) in [4.78, 5) is 17.5. The first-order valence-electron chi connectivity index (χ1n) is 11.2. The van der Waals surface area contributed by atoms with Crippen molar-refractivity contribution in [3.05, 3.63) is 65.3 Å². The number of benzene rings is 2. The summed E-state index contributed by atoms with van der Waals surface area (Å²) >= 11 is 0. The van der Waals surface area contributed by atoms with Crippen LogP contribution in [0.15, 0.2) is 59.7 Å². The molecular formula is C25H33N5O2. The summed E-state index contributed by atoms with van der Waals surface area (Å²) in [6.45, 7) is 11.0. The Morgan fingerprint density at radius 2 is 1.34 bits per heavy atom. The quantitative estimate of drug-likeness (QED) is 0.589. The van der Waals surface area contributed by atoms with Gasteiger partial charge in [0.15, 0.2) is 0 Å². The van der Waals surface area contributed by atoms with Crippen LogP contribution in [0.25, 0.3) is 5.69 Å². The standard InChI is InChI=1S/C25H33N5O2/c1-25(2,3)13-14-30-24(31)29(19-26-30)22-7-5-20(6-8-22)27-15-17-28(18-16-27)21-9-11-23(32-4)12-10-21/h5-12,19H,13-18H2,1-4H3. The van der Waals surface area contributed by atoms with Gasteiger partial charge < -0.3 is 14.5 Å². The van der Waals surface area contributed by atoms with E-state index in [0.29, 0.717) is 6.54 Å². The van der Waals surface area contributed by atoms with Gasteiger partial charge in [-0.15, -0.1) is 0 Å². The molecule has 4 rings (SSSR count). The second-order valence-corrected chi connectivity index (χ2v) is 9.51. The molecule has 0 aliphatic carbocycles. The van der Waals surface area contributed by atoms with Crippen LogP contribution in [0.5, 0.6) is 5.75 Å². The van der Waals surface area contributed by atoms with Gasteiger partial charge in [0.05, 0.1) is 12.8 Å². The first kappa shape index (κ1) is 22.0. The fourth-order valence-electron chi connectivity index (χ4n) is 3.95. The lowest BCUT2D eigenvalue weighted by Crippen LogP contribution is -2.46. The van der Waals surface area contributed by atoms with Gasteiger partial charge >= 0.3 is 5.69 Å². The average Bonchev–Trinajstić information content (AvgIpc) is 3.18. The molecule has 1 aliphatic heterocycles. The number of hydrogen-bond acceptors (Lipinski definition) is 5. The Kier molecular flexibility index (Phi) is 6.26. The molecule has 1 saturated heterocycles. The van der Waals surface area contributed by atoms with E-state index >= 15 is 0 Å². The van der Waals surface area contributed by atoms with E-state index in [1.165, 1.54) is 11.4 Å². The molecule has 3 aromatic rings. The Balaban J connectivity index is 1.38. The van der Waals surface area contributed by atoms with Crippen LogP contribution in [0, 0.1) is 5.41 Å². The van der Waals surface area contributed by atoms with E-state index in [-0.39, 0.29) is 11.1 Å².